The third kappa shape index (κ3) is 2.84. The van der Waals surface area contributed by atoms with Crippen molar-refractivity contribution in [2.45, 2.75) is 23.6 Å². The van der Waals surface area contributed by atoms with Gasteiger partial charge in [-0.05, 0) is 38.1 Å². The molecule has 0 aliphatic carbocycles. The molecule has 0 bridgehead atoms. The number of halogens is 1. The Morgan fingerprint density at radius 3 is 1.65 bits per heavy atom. The van der Waals surface area contributed by atoms with Gasteiger partial charge in [-0.3, -0.25) is 0 Å². The molecule has 0 fully saturated rings. The van der Waals surface area contributed by atoms with Crippen molar-refractivity contribution < 1.29 is 0 Å². The largest absolute Gasteiger partial charge is 0.0866 e. The molecule has 0 amide bonds. The zero-order chi connectivity index (χ0) is 14.4. The van der Waals surface area contributed by atoms with Crippen molar-refractivity contribution in [2.24, 2.45) is 0 Å². The van der Waals surface area contributed by atoms with E-state index >= 15 is 0 Å². The molecule has 2 aromatic carbocycles. The van der Waals surface area contributed by atoms with E-state index in [1.807, 2.05) is 56.3 Å². The average molecular weight is 303 g/mol. The minimum Gasteiger partial charge on any atom is -0.0866 e. The van der Waals surface area contributed by atoms with Crippen LogP contribution in [0.15, 0.2) is 93.6 Å². The number of hydrogen-bond acceptors (Lipinski definition) is 0. The monoisotopic (exact) mass is 302 g/mol. The van der Waals surface area contributed by atoms with E-state index in [9.17, 15) is 0 Å². The van der Waals surface area contributed by atoms with Gasteiger partial charge in [0, 0.05) is 14.7 Å². The van der Waals surface area contributed by atoms with Gasteiger partial charge in [0.05, 0.1) is 0 Å². The lowest BCUT2D eigenvalue weighted by atomic mass is 10.4. The maximum Gasteiger partial charge on any atom is 0.0116 e. The first-order chi connectivity index (χ1) is 9.73. The lowest BCUT2D eigenvalue weighted by Gasteiger charge is -2.35. The highest BCUT2D eigenvalue weighted by molar-refractivity contribution is 8.53. The smallest absolute Gasteiger partial charge is 0.0116 e. The lowest BCUT2D eigenvalue weighted by Crippen LogP contribution is -1.97. The first kappa shape index (κ1) is 15.0. The topological polar surface area (TPSA) is 0 Å². The fraction of sp³-hybridized carbons (Fsp3) is 0.111. The Kier molecular flexibility index (Phi) is 5.11. The fourth-order valence-electron chi connectivity index (χ4n) is 2.14. The fourth-order valence-corrected chi connectivity index (χ4v) is 5.71. The highest BCUT2D eigenvalue weighted by Gasteiger charge is 2.28. The molecule has 0 unspecified atom stereocenters. The van der Waals surface area contributed by atoms with Crippen LogP contribution in [-0.4, -0.2) is 0 Å². The third-order valence-electron chi connectivity index (χ3n) is 3.08. The highest BCUT2D eigenvalue weighted by atomic mass is 35.7. The van der Waals surface area contributed by atoms with Crippen LogP contribution in [-0.2, 0) is 0 Å². The van der Waals surface area contributed by atoms with Crippen molar-refractivity contribution in [2.75, 3.05) is 0 Å². The molecule has 104 valence electrons. The molecule has 0 aromatic heterocycles. The van der Waals surface area contributed by atoms with Crippen molar-refractivity contribution in [1.29, 1.82) is 0 Å². The van der Waals surface area contributed by atoms with E-state index in [-0.39, 0.29) is 0 Å². The van der Waals surface area contributed by atoms with E-state index < -0.39 is 9.24 Å². The molecule has 0 nitrogen and oxygen atoms in total. The van der Waals surface area contributed by atoms with Crippen molar-refractivity contribution >= 4 is 19.9 Å². The predicted octanol–water partition coefficient (Wildman–Crippen LogP) is 6.54. The Balaban J connectivity index is 2.67. The SMILES string of the molecule is C/C=C\C(=C/C)S(Cl)(c1ccccc1)c1ccccc1. The summed E-state index contributed by atoms with van der Waals surface area (Å²) in [5, 5.41) is 0. The van der Waals surface area contributed by atoms with Crippen LogP contribution in [0.2, 0.25) is 0 Å². The zero-order valence-corrected chi connectivity index (χ0v) is 13.4. The maximum absolute atomic E-state index is 7.20. The van der Waals surface area contributed by atoms with Gasteiger partial charge in [0.15, 0.2) is 0 Å². The second-order valence-corrected chi connectivity index (χ2v) is 8.23. The molecule has 2 rings (SSSR count). The summed E-state index contributed by atoms with van der Waals surface area (Å²) in [6, 6.07) is 20.7. The van der Waals surface area contributed by atoms with E-state index in [2.05, 4.69) is 36.4 Å². The van der Waals surface area contributed by atoms with Crippen molar-refractivity contribution in [3.8, 4) is 0 Å². The summed E-state index contributed by atoms with van der Waals surface area (Å²) in [5.41, 5.74) is 0. The van der Waals surface area contributed by atoms with E-state index in [4.69, 9.17) is 10.7 Å². The maximum atomic E-state index is 7.20. The number of hydrogen-bond donors (Lipinski definition) is 0. The summed E-state index contributed by atoms with van der Waals surface area (Å²) >= 11 is 0. The Morgan fingerprint density at radius 2 is 1.30 bits per heavy atom. The minimum atomic E-state index is -1.70. The summed E-state index contributed by atoms with van der Waals surface area (Å²) in [6.07, 6.45) is 6.27. The van der Waals surface area contributed by atoms with Gasteiger partial charge < -0.3 is 0 Å². The van der Waals surface area contributed by atoms with Crippen LogP contribution in [0.5, 0.6) is 0 Å². The molecule has 2 aromatic rings. The average Bonchev–Trinajstić information content (AvgIpc) is 2.53. The van der Waals surface area contributed by atoms with Crippen LogP contribution in [0.1, 0.15) is 13.8 Å². The van der Waals surface area contributed by atoms with Gasteiger partial charge in [-0.2, -0.15) is 0 Å². The Morgan fingerprint density at radius 1 is 0.850 bits per heavy atom. The summed E-state index contributed by atoms with van der Waals surface area (Å²) in [5.74, 6) is 0. The van der Waals surface area contributed by atoms with Gasteiger partial charge >= 0.3 is 0 Å². The van der Waals surface area contributed by atoms with Gasteiger partial charge in [0.1, 0.15) is 0 Å². The molecule has 0 saturated carbocycles. The molecule has 0 N–H and O–H groups in total. The molecular formula is C18H19ClS. The molecule has 0 aliphatic heterocycles. The lowest BCUT2D eigenvalue weighted by molar-refractivity contribution is 1.37. The summed E-state index contributed by atoms with van der Waals surface area (Å²) in [4.78, 5) is 3.50. The van der Waals surface area contributed by atoms with Crippen LogP contribution in [0.25, 0.3) is 0 Å². The van der Waals surface area contributed by atoms with Crippen LogP contribution in [0, 0.1) is 0 Å². The first-order valence-corrected chi connectivity index (χ1v) is 9.11. The van der Waals surface area contributed by atoms with Gasteiger partial charge in [-0.1, -0.05) is 74.6 Å². The van der Waals surface area contributed by atoms with Gasteiger partial charge in [-0.25, -0.2) is 0 Å². The predicted molar refractivity (Wildman–Crippen MR) is 91.4 cm³/mol. The molecule has 0 spiro atoms. The molecule has 20 heavy (non-hydrogen) atoms. The van der Waals surface area contributed by atoms with Crippen LogP contribution < -0.4 is 0 Å². The molecule has 0 aliphatic rings. The van der Waals surface area contributed by atoms with Crippen molar-refractivity contribution in [3.05, 3.63) is 83.8 Å². The number of rotatable bonds is 4. The molecule has 0 radical (unpaired) electrons. The summed E-state index contributed by atoms with van der Waals surface area (Å²) in [7, 11) is 5.50. The Hall–Kier alpha value is -1.44. The molecule has 0 atom stereocenters. The standard InChI is InChI=1S/C18H19ClS/c1-3-11-16(4-2)20(19,17-12-7-5-8-13-17)18-14-9-6-10-15-18/h3-15H,1-2H3/b11-3-,16-4+. The van der Waals surface area contributed by atoms with Gasteiger partial charge in [0.2, 0.25) is 0 Å². The Bertz CT molecular complexity index is 560. The molecule has 0 heterocycles. The molecule has 2 heteroatoms. The zero-order valence-electron chi connectivity index (χ0n) is 11.8. The van der Waals surface area contributed by atoms with Crippen LogP contribution in [0.4, 0.5) is 0 Å². The number of allylic oxidation sites excluding steroid dienone is 3. The van der Waals surface area contributed by atoms with E-state index in [0.29, 0.717) is 0 Å². The van der Waals surface area contributed by atoms with Crippen LogP contribution >= 0.6 is 19.9 Å². The molecular weight excluding hydrogens is 284 g/mol. The summed E-state index contributed by atoms with van der Waals surface area (Å²) < 4.78 is 0. The van der Waals surface area contributed by atoms with E-state index in [1.165, 1.54) is 14.7 Å². The van der Waals surface area contributed by atoms with E-state index in [0.717, 1.165) is 0 Å². The Labute approximate surface area is 127 Å². The van der Waals surface area contributed by atoms with Crippen molar-refractivity contribution in [3.63, 3.8) is 0 Å². The number of benzene rings is 2. The quantitative estimate of drug-likeness (QED) is 0.562. The van der Waals surface area contributed by atoms with Crippen LogP contribution in [0.3, 0.4) is 0 Å². The van der Waals surface area contributed by atoms with Gasteiger partial charge in [0.25, 0.3) is 0 Å². The van der Waals surface area contributed by atoms with Gasteiger partial charge in [-0.15, -0.1) is 0 Å². The van der Waals surface area contributed by atoms with Crippen molar-refractivity contribution in [1.82, 2.24) is 0 Å². The first-order valence-electron chi connectivity index (χ1n) is 6.65. The second-order valence-electron chi connectivity index (χ2n) is 4.35. The second kappa shape index (κ2) is 6.83. The normalized spacial score (nSPS) is 13.7. The molecule has 0 saturated heterocycles. The minimum absolute atomic E-state index is 1.17. The summed E-state index contributed by atoms with van der Waals surface area (Å²) in [6.45, 7) is 4.07. The third-order valence-corrected chi connectivity index (χ3v) is 7.54. The highest BCUT2D eigenvalue weighted by Crippen LogP contribution is 2.72. The van der Waals surface area contributed by atoms with E-state index in [1.54, 1.807) is 0 Å².